The average Bonchev–Trinajstić information content (AvgIpc) is 2.72. The number of carbonyl (C=O) groups is 2. The van der Waals surface area contributed by atoms with Crippen LogP contribution >= 0.6 is 0 Å². The van der Waals surface area contributed by atoms with E-state index < -0.39 is 5.41 Å². The van der Waals surface area contributed by atoms with E-state index in [0.717, 1.165) is 32.1 Å². The van der Waals surface area contributed by atoms with Crippen molar-refractivity contribution in [3.8, 4) is 0 Å². The second kappa shape index (κ2) is 7.29. The van der Waals surface area contributed by atoms with Crippen molar-refractivity contribution in [2.24, 2.45) is 11.3 Å². The zero-order valence-electron chi connectivity index (χ0n) is 14.8. The number of hydrogen-bond donors (Lipinski definition) is 0. The van der Waals surface area contributed by atoms with E-state index in [9.17, 15) is 9.59 Å². The first kappa shape index (κ1) is 17.7. The van der Waals surface area contributed by atoms with Gasteiger partial charge in [-0.05, 0) is 65.7 Å². The number of ether oxygens (including phenoxy) is 1. The summed E-state index contributed by atoms with van der Waals surface area (Å²) < 4.78 is 4.90. The Labute approximate surface area is 139 Å². The molecule has 0 amide bonds. The van der Waals surface area contributed by atoms with Crippen LogP contribution in [0, 0.1) is 11.3 Å². The summed E-state index contributed by atoms with van der Waals surface area (Å²) in [6.07, 6.45) is 11.4. The molecule has 2 unspecified atom stereocenters. The molecule has 1 heterocycles. The first-order chi connectivity index (χ1) is 10.8. The van der Waals surface area contributed by atoms with Gasteiger partial charge in [0.2, 0.25) is 0 Å². The minimum absolute atomic E-state index is 0.0913. The summed E-state index contributed by atoms with van der Waals surface area (Å²) in [5.41, 5.74) is 3.28. The number of cyclic esters (lactones) is 2. The van der Waals surface area contributed by atoms with Gasteiger partial charge in [-0.2, -0.15) is 0 Å². The number of hydrogen-bond acceptors (Lipinski definition) is 3. The van der Waals surface area contributed by atoms with Gasteiger partial charge in [-0.3, -0.25) is 9.59 Å². The fourth-order valence-electron chi connectivity index (χ4n) is 3.76. The summed E-state index contributed by atoms with van der Waals surface area (Å²) in [6, 6.07) is 0. The molecule has 23 heavy (non-hydrogen) atoms. The summed E-state index contributed by atoms with van der Waals surface area (Å²) in [5.74, 6) is -0.580. The van der Waals surface area contributed by atoms with Gasteiger partial charge in [0.1, 0.15) is 0 Å². The highest BCUT2D eigenvalue weighted by Crippen LogP contribution is 2.50. The second-order valence-electron chi connectivity index (χ2n) is 7.24. The minimum atomic E-state index is -0.618. The van der Waals surface area contributed by atoms with Crippen molar-refractivity contribution < 1.29 is 14.3 Å². The van der Waals surface area contributed by atoms with Crippen LogP contribution in [-0.2, 0) is 14.3 Å². The Morgan fingerprint density at radius 2 is 2.04 bits per heavy atom. The molecule has 0 aromatic rings. The molecule has 0 saturated carbocycles. The van der Waals surface area contributed by atoms with Gasteiger partial charge in [0.15, 0.2) is 0 Å². The Balaban J connectivity index is 2.10. The van der Waals surface area contributed by atoms with E-state index in [2.05, 4.69) is 45.9 Å². The van der Waals surface area contributed by atoms with Crippen molar-refractivity contribution in [3.63, 3.8) is 0 Å². The molecule has 0 N–H and O–H groups in total. The lowest BCUT2D eigenvalue weighted by Gasteiger charge is -2.36. The molecule has 2 atom stereocenters. The van der Waals surface area contributed by atoms with Gasteiger partial charge in [-0.25, -0.2) is 0 Å². The first-order valence-electron chi connectivity index (χ1n) is 8.56. The zero-order valence-corrected chi connectivity index (χ0v) is 14.8. The van der Waals surface area contributed by atoms with Crippen molar-refractivity contribution in [1.82, 2.24) is 0 Å². The van der Waals surface area contributed by atoms with Gasteiger partial charge in [0.25, 0.3) is 0 Å². The third-order valence-electron chi connectivity index (χ3n) is 5.14. The molecule has 1 aliphatic carbocycles. The van der Waals surface area contributed by atoms with Gasteiger partial charge < -0.3 is 4.74 Å². The van der Waals surface area contributed by atoms with Gasteiger partial charge in [0.05, 0.1) is 11.8 Å². The molecule has 1 fully saturated rings. The van der Waals surface area contributed by atoms with Crippen LogP contribution in [0.3, 0.4) is 0 Å². The van der Waals surface area contributed by atoms with Crippen molar-refractivity contribution in [3.05, 3.63) is 34.9 Å². The van der Waals surface area contributed by atoms with Gasteiger partial charge >= 0.3 is 11.9 Å². The van der Waals surface area contributed by atoms with Crippen molar-refractivity contribution in [2.45, 2.75) is 66.2 Å². The van der Waals surface area contributed by atoms with Gasteiger partial charge in [0, 0.05) is 0 Å². The predicted octanol–water partition coefficient (Wildman–Crippen LogP) is 4.89. The minimum Gasteiger partial charge on any atom is -0.393 e. The smallest absolute Gasteiger partial charge is 0.320 e. The lowest BCUT2D eigenvalue weighted by molar-refractivity contribution is -0.156. The van der Waals surface area contributed by atoms with Gasteiger partial charge in [-0.1, -0.05) is 34.9 Å². The maximum atomic E-state index is 12.3. The molecule has 0 aromatic carbocycles. The fraction of sp³-hybridized carbons (Fsp3) is 0.600. The molecular formula is C20H28O3. The quantitative estimate of drug-likeness (QED) is 0.412. The van der Waals surface area contributed by atoms with E-state index in [-0.39, 0.29) is 24.3 Å². The maximum Gasteiger partial charge on any atom is 0.320 e. The van der Waals surface area contributed by atoms with E-state index in [1.165, 1.54) is 16.7 Å². The van der Waals surface area contributed by atoms with Crippen LogP contribution in [0.5, 0.6) is 0 Å². The molecule has 0 bridgehead atoms. The average molecular weight is 316 g/mol. The number of rotatable bonds is 5. The van der Waals surface area contributed by atoms with Crippen LogP contribution < -0.4 is 0 Å². The van der Waals surface area contributed by atoms with Crippen LogP contribution in [0.1, 0.15) is 66.2 Å². The molecule has 0 aromatic heterocycles. The Morgan fingerprint density at radius 3 is 2.65 bits per heavy atom. The molecule has 0 radical (unpaired) electrons. The molecule has 3 heteroatoms. The van der Waals surface area contributed by atoms with Crippen LogP contribution in [0.25, 0.3) is 0 Å². The Morgan fingerprint density at radius 1 is 1.30 bits per heavy atom. The Kier molecular flexibility index (Phi) is 5.61. The molecule has 2 rings (SSSR count). The molecule has 1 saturated heterocycles. The third-order valence-corrected chi connectivity index (χ3v) is 5.14. The maximum absolute atomic E-state index is 12.3. The Hall–Kier alpha value is -1.64. The Bertz CT molecular complexity index is 576. The highest BCUT2D eigenvalue weighted by molar-refractivity contribution is 5.98. The third kappa shape index (κ3) is 4.01. The van der Waals surface area contributed by atoms with Gasteiger partial charge in [-0.15, -0.1) is 0 Å². The van der Waals surface area contributed by atoms with Crippen LogP contribution in [-0.4, -0.2) is 11.9 Å². The van der Waals surface area contributed by atoms with E-state index >= 15 is 0 Å². The summed E-state index contributed by atoms with van der Waals surface area (Å²) in [7, 11) is 0. The lowest BCUT2D eigenvalue weighted by Crippen LogP contribution is -2.37. The molecule has 2 aliphatic rings. The topological polar surface area (TPSA) is 43.4 Å². The summed E-state index contributed by atoms with van der Waals surface area (Å²) in [5, 5.41) is 0. The van der Waals surface area contributed by atoms with E-state index in [1.54, 1.807) is 0 Å². The van der Waals surface area contributed by atoms with Crippen molar-refractivity contribution in [1.29, 1.82) is 0 Å². The standard InChI is InChI=1S/C20H28O3/c1-14(2)7-5-8-15(3)10-11-17-16(4)9-6-12-20(17)13-18(21)23-19(20)22/h7,9-10,17H,5-6,8,11-13H2,1-4H3. The molecule has 3 nitrogen and oxygen atoms in total. The second-order valence-corrected chi connectivity index (χ2v) is 7.24. The van der Waals surface area contributed by atoms with E-state index in [0.29, 0.717) is 0 Å². The lowest BCUT2D eigenvalue weighted by atomic mass is 9.64. The number of esters is 2. The van der Waals surface area contributed by atoms with Crippen molar-refractivity contribution in [2.75, 3.05) is 0 Å². The van der Waals surface area contributed by atoms with Crippen LogP contribution in [0.15, 0.2) is 34.9 Å². The summed E-state index contributed by atoms with van der Waals surface area (Å²) in [4.78, 5) is 23.9. The normalized spacial score (nSPS) is 27.9. The molecule has 126 valence electrons. The number of allylic oxidation sites excluding steroid dienone is 6. The monoisotopic (exact) mass is 316 g/mol. The van der Waals surface area contributed by atoms with Crippen LogP contribution in [0.2, 0.25) is 0 Å². The van der Waals surface area contributed by atoms with E-state index in [4.69, 9.17) is 4.74 Å². The zero-order chi connectivity index (χ0) is 17.0. The number of carbonyl (C=O) groups excluding carboxylic acids is 2. The van der Waals surface area contributed by atoms with E-state index in [1.807, 2.05) is 0 Å². The molecule has 1 aliphatic heterocycles. The molecular weight excluding hydrogens is 288 g/mol. The van der Waals surface area contributed by atoms with Crippen molar-refractivity contribution >= 4 is 11.9 Å². The highest BCUT2D eigenvalue weighted by atomic mass is 16.6. The summed E-state index contributed by atoms with van der Waals surface area (Å²) in [6.45, 7) is 8.45. The summed E-state index contributed by atoms with van der Waals surface area (Å²) >= 11 is 0. The molecule has 1 spiro atoms. The highest BCUT2D eigenvalue weighted by Gasteiger charge is 2.54. The predicted molar refractivity (Wildman–Crippen MR) is 91.7 cm³/mol. The largest absolute Gasteiger partial charge is 0.393 e. The fourth-order valence-corrected chi connectivity index (χ4v) is 3.76. The van der Waals surface area contributed by atoms with Crippen LogP contribution in [0.4, 0.5) is 0 Å². The first-order valence-corrected chi connectivity index (χ1v) is 8.56. The SMILES string of the molecule is CC(C)=CCCC(C)=CCC1C(C)=CCCC12CC(=O)OC2=O.